The van der Waals surface area contributed by atoms with Crippen molar-refractivity contribution in [3.63, 3.8) is 0 Å². The Hall–Kier alpha value is -0.610. The summed E-state index contributed by atoms with van der Waals surface area (Å²) >= 11 is 0. The SMILES string of the molecule is CCCCC(=O)NC(COC)COC. The molecule has 0 aliphatic carbocycles. The second-order valence-electron chi connectivity index (χ2n) is 3.28. The van der Waals surface area contributed by atoms with Gasteiger partial charge in [-0.1, -0.05) is 13.3 Å². The van der Waals surface area contributed by atoms with Gasteiger partial charge in [-0.05, 0) is 6.42 Å². The summed E-state index contributed by atoms with van der Waals surface area (Å²) in [6.45, 7) is 3.05. The molecule has 0 aromatic heterocycles. The van der Waals surface area contributed by atoms with Crippen molar-refractivity contribution in [2.24, 2.45) is 0 Å². The molecule has 0 fully saturated rings. The Kier molecular flexibility index (Phi) is 8.57. The van der Waals surface area contributed by atoms with E-state index in [1.807, 2.05) is 0 Å². The molecule has 84 valence electrons. The fraction of sp³-hybridized carbons (Fsp3) is 0.900. The van der Waals surface area contributed by atoms with Crippen LogP contribution in [-0.4, -0.2) is 39.4 Å². The van der Waals surface area contributed by atoms with Gasteiger partial charge >= 0.3 is 0 Å². The monoisotopic (exact) mass is 203 g/mol. The van der Waals surface area contributed by atoms with Crippen LogP contribution in [0.1, 0.15) is 26.2 Å². The van der Waals surface area contributed by atoms with Crippen LogP contribution in [-0.2, 0) is 14.3 Å². The first-order chi connectivity index (χ1) is 6.74. The molecule has 0 heterocycles. The van der Waals surface area contributed by atoms with Gasteiger partial charge in [-0.25, -0.2) is 0 Å². The summed E-state index contributed by atoms with van der Waals surface area (Å²) in [6, 6.07) is -0.0330. The minimum absolute atomic E-state index is 0.0330. The van der Waals surface area contributed by atoms with Crippen LogP contribution in [0.25, 0.3) is 0 Å². The third-order valence-corrected chi connectivity index (χ3v) is 1.86. The number of hydrogen-bond acceptors (Lipinski definition) is 3. The quantitative estimate of drug-likeness (QED) is 0.639. The number of carbonyl (C=O) groups is 1. The average Bonchev–Trinajstić information content (AvgIpc) is 2.15. The molecule has 14 heavy (non-hydrogen) atoms. The Morgan fingerprint density at radius 2 is 1.86 bits per heavy atom. The van der Waals surface area contributed by atoms with Crippen molar-refractivity contribution < 1.29 is 14.3 Å². The van der Waals surface area contributed by atoms with Crippen LogP contribution in [0.3, 0.4) is 0 Å². The van der Waals surface area contributed by atoms with Gasteiger partial charge in [0.25, 0.3) is 0 Å². The van der Waals surface area contributed by atoms with Crippen LogP contribution in [0.2, 0.25) is 0 Å². The van der Waals surface area contributed by atoms with E-state index >= 15 is 0 Å². The van der Waals surface area contributed by atoms with Crippen LogP contribution in [0, 0.1) is 0 Å². The highest BCUT2D eigenvalue weighted by Gasteiger charge is 2.10. The van der Waals surface area contributed by atoms with E-state index in [0.717, 1.165) is 12.8 Å². The normalized spacial score (nSPS) is 10.6. The molecular formula is C10H21NO3. The number of ether oxygens (including phenoxy) is 2. The van der Waals surface area contributed by atoms with Crippen molar-refractivity contribution >= 4 is 5.91 Å². The largest absolute Gasteiger partial charge is 0.382 e. The zero-order valence-electron chi connectivity index (χ0n) is 9.34. The van der Waals surface area contributed by atoms with Crippen molar-refractivity contribution in [2.45, 2.75) is 32.2 Å². The molecule has 0 rings (SSSR count). The van der Waals surface area contributed by atoms with Crippen molar-refractivity contribution in [2.75, 3.05) is 27.4 Å². The van der Waals surface area contributed by atoms with Gasteiger partial charge in [-0.3, -0.25) is 4.79 Å². The van der Waals surface area contributed by atoms with Gasteiger partial charge in [0.05, 0.1) is 19.3 Å². The van der Waals surface area contributed by atoms with E-state index in [-0.39, 0.29) is 11.9 Å². The zero-order valence-corrected chi connectivity index (χ0v) is 9.34. The fourth-order valence-corrected chi connectivity index (χ4v) is 1.17. The van der Waals surface area contributed by atoms with Crippen LogP contribution in [0.4, 0.5) is 0 Å². The molecule has 0 unspecified atom stereocenters. The molecule has 0 aliphatic heterocycles. The minimum Gasteiger partial charge on any atom is -0.382 e. The van der Waals surface area contributed by atoms with E-state index in [4.69, 9.17) is 9.47 Å². The second kappa shape index (κ2) is 8.97. The number of nitrogens with one attached hydrogen (secondary N) is 1. The summed E-state index contributed by atoms with van der Waals surface area (Å²) < 4.78 is 9.93. The second-order valence-corrected chi connectivity index (χ2v) is 3.28. The van der Waals surface area contributed by atoms with Gasteiger partial charge in [0.2, 0.25) is 5.91 Å². The molecule has 0 atom stereocenters. The van der Waals surface area contributed by atoms with Crippen molar-refractivity contribution in [1.29, 1.82) is 0 Å². The molecular weight excluding hydrogens is 182 g/mol. The first-order valence-corrected chi connectivity index (χ1v) is 5.01. The lowest BCUT2D eigenvalue weighted by molar-refractivity contribution is -0.122. The van der Waals surface area contributed by atoms with Gasteiger partial charge in [0, 0.05) is 20.6 Å². The number of carbonyl (C=O) groups excluding carboxylic acids is 1. The maximum Gasteiger partial charge on any atom is 0.220 e. The smallest absolute Gasteiger partial charge is 0.220 e. The zero-order chi connectivity index (χ0) is 10.8. The minimum atomic E-state index is -0.0330. The number of methoxy groups -OCH3 is 2. The first kappa shape index (κ1) is 13.4. The third kappa shape index (κ3) is 6.86. The van der Waals surface area contributed by atoms with Crippen LogP contribution < -0.4 is 5.32 Å². The summed E-state index contributed by atoms with van der Waals surface area (Å²) in [5, 5.41) is 2.86. The molecule has 0 saturated heterocycles. The van der Waals surface area contributed by atoms with E-state index < -0.39 is 0 Å². The molecule has 0 saturated carbocycles. The maximum absolute atomic E-state index is 11.3. The van der Waals surface area contributed by atoms with Gasteiger partial charge < -0.3 is 14.8 Å². The Balaban J connectivity index is 3.71. The van der Waals surface area contributed by atoms with Crippen LogP contribution in [0.15, 0.2) is 0 Å². The predicted molar refractivity (Wildman–Crippen MR) is 55.2 cm³/mol. The summed E-state index contributed by atoms with van der Waals surface area (Å²) in [7, 11) is 3.22. The van der Waals surface area contributed by atoms with E-state index in [9.17, 15) is 4.79 Å². The molecule has 4 heteroatoms. The summed E-state index contributed by atoms with van der Waals surface area (Å²) in [4.78, 5) is 11.3. The maximum atomic E-state index is 11.3. The highest BCUT2D eigenvalue weighted by Crippen LogP contribution is 1.95. The molecule has 1 N–H and O–H groups in total. The molecule has 0 bridgehead atoms. The standard InChI is InChI=1S/C10H21NO3/c1-4-5-6-10(12)11-9(7-13-2)8-14-3/h9H,4-8H2,1-3H3,(H,11,12). The third-order valence-electron chi connectivity index (χ3n) is 1.86. The van der Waals surface area contributed by atoms with Gasteiger partial charge in [0.1, 0.15) is 0 Å². The summed E-state index contributed by atoms with van der Waals surface area (Å²) in [5.74, 6) is 0.0750. The Labute approximate surface area is 86.0 Å². The van der Waals surface area contributed by atoms with Crippen molar-refractivity contribution in [3.8, 4) is 0 Å². The molecule has 1 amide bonds. The van der Waals surface area contributed by atoms with Gasteiger partial charge in [-0.2, -0.15) is 0 Å². The number of hydrogen-bond donors (Lipinski definition) is 1. The number of unbranched alkanes of at least 4 members (excludes halogenated alkanes) is 1. The van der Waals surface area contributed by atoms with Crippen molar-refractivity contribution in [1.82, 2.24) is 5.32 Å². The van der Waals surface area contributed by atoms with Crippen LogP contribution >= 0.6 is 0 Å². The Morgan fingerprint density at radius 1 is 1.29 bits per heavy atom. The summed E-state index contributed by atoms with van der Waals surface area (Å²) in [5.41, 5.74) is 0. The molecule has 0 spiro atoms. The molecule has 0 aromatic rings. The predicted octanol–water partition coefficient (Wildman–Crippen LogP) is 0.954. The molecule has 0 aliphatic rings. The highest BCUT2D eigenvalue weighted by atomic mass is 16.5. The Morgan fingerprint density at radius 3 is 2.29 bits per heavy atom. The van der Waals surface area contributed by atoms with E-state index in [1.165, 1.54) is 0 Å². The van der Waals surface area contributed by atoms with Crippen molar-refractivity contribution in [3.05, 3.63) is 0 Å². The van der Waals surface area contributed by atoms with Crippen LogP contribution in [0.5, 0.6) is 0 Å². The van der Waals surface area contributed by atoms with E-state index in [1.54, 1.807) is 14.2 Å². The number of rotatable bonds is 8. The lowest BCUT2D eigenvalue weighted by atomic mass is 10.2. The lowest BCUT2D eigenvalue weighted by Gasteiger charge is -2.16. The van der Waals surface area contributed by atoms with E-state index in [2.05, 4.69) is 12.2 Å². The molecule has 4 nitrogen and oxygen atoms in total. The number of amides is 1. The van der Waals surface area contributed by atoms with E-state index in [0.29, 0.717) is 19.6 Å². The highest BCUT2D eigenvalue weighted by molar-refractivity contribution is 5.76. The topological polar surface area (TPSA) is 47.6 Å². The fourth-order valence-electron chi connectivity index (χ4n) is 1.17. The Bertz CT molecular complexity index is 144. The van der Waals surface area contributed by atoms with Gasteiger partial charge in [-0.15, -0.1) is 0 Å². The molecule has 0 radical (unpaired) electrons. The molecule has 0 aromatic carbocycles. The summed E-state index contributed by atoms with van der Waals surface area (Å²) in [6.07, 6.45) is 2.55. The first-order valence-electron chi connectivity index (χ1n) is 5.01. The lowest BCUT2D eigenvalue weighted by Crippen LogP contribution is -2.41. The average molecular weight is 203 g/mol. The van der Waals surface area contributed by atoms with Gasteiger partial charge in [0.15, 0.2) is 0 Å².